The lowest BCUT2D eigenvalue weighted by molar-refractivity contribution is 0.112. The maximum Gasteiger partial charge on any atom is 0.150 e. The lowest BCUT2D eigenvalue weighted by Gasteiger charge is -2.05. The van der Waals surface area contributed by atoms with Crippen LogP contribution in [0, 0.1) is 5.82 Å². The molecule has 2 rings (SSSR count). The van der Waals surface area contributed by atoms with Gasteiger partial charge in [-0.1, -0.05) is 12.1 Å². The fraction of sp³-hybridized carbons (Fsp3) is 0. The zero-order valence-corrected chi connectivity index (χ0v) is 8.39. The van der Waals surface area contributed by atoms with E-state index in [2.05, 4.69) is 0 Å². The molecule has 80 valence electrons. The summed E-state index contributed by atoms with van der Waals surface area (Å²) >= 11 is 0. The quantitative estimate of drug-likeness (QED) is 0.734. The second-order valence-corrected chi connectivity index (χ2v) is 3.25. The number of hydrogen-bond donors (Lipinski definition) is 0. The van der Waals surface area contributed by atoms with Gasteiger partial charge in [0.25, 0.3) is 0 Å². The summed E-state index contributed by atoms with van der Waals surface area (Å²) in [6.45, 7) is 0. The molecule has 0 aliphatic rings. The number of carbonyl (C=O) groups is 1. The monoisotopic (exact) mass is 216 g/mol. The van der Waals surface area contributed by atoms with E-state index in [1.807, 2.05) is 0 Å². The zero-order chi connectivity index (χ0) is 11.4. The Balaban J connectivity index is 2.20. The summed E-state index contributed by atoms with van der Waals surface area (Å²) in [4.78, 5) is 10.6. The van der Waals surface area contributed by atoms with Crippen LogP contribution in [0.4, 0.5) is 4.39 Å². The van der Waals surface area contributed by atoms with E-state index < -0.39 is 0 Å². The molecule has 2 aromatic rings. The highest BCUT2D eigenvalue weighted by atomic mass is 19.1. The Morgan fingerprint density at radius 2 is 1.75 bits per heavy atom. The molecular formula is C13H9FO2. The second-order valence-electron chi connectivity index (χ2n) is 3.25. The van der Waals surface area contributed by atoms with Gasteiger partial charge in [0.1, 0.15) is 23.6 Å². The van der Waals surface area contributed by atoms with Crippen molar-refractivity contribution in [1.82, 2.24) is 0 Å². The summed E-state index contributed by atoms with van der Waals surface area (Å²) in [7, 11) is 0. The summed E-state index contributed by atoms with van der Waals surface area (Å²) in [6.07, 6.45) is 0.748. The largest absolute Gasteiger partial charge is 0.457 e. The van der Waals surface area contributed by atoms with Gasteiger partial charge < -0.3 is 4.74 Å². The van der Waals surface area contributed by atoms with Crippen LogP contribution in [0.15, 0.2) is 48.5 Å². The third-order valence-electron chi connectivity index (χ3n) is 2.04. The van der Waals surface area contributed by atoms with Crippen LogP contribution >= 0.6 is 0 Å². The predicted octanol–water partition coefficient (Wildman–Crippen LogP) is 3.43. The van der Waals surface area contributed by atoms with Gasteiger partial charge in [-0.05, 0) is 36.4 Å². The van der Waals surface area contributed by atoms with Crippen LogP contribution in [0.2, 0.25) is 0 Å². The van der Waals surface area contributed by atoms with E-state index >= 15 is 0 Å². The molecule has 16 heavy (non-hydrogen) atoms. The molecule has 0 spiro atoms. The van der Waals surface area contributed by atoms with Crippen molar-refractivity contribution in [1.29, 1.82) is 0 Å². The molecule has 0 bridgehead atoms. The molecule has 0 radical (unpaired) electrons. The lowest BCUT2D eigenvalue weighted by Crippen LogP contribution is -1.86. The Kier molecular flexibility index (Phi) is 2.96. The van der Waals surface area contributed by atoms with Crippen molar-refractivity contribution in [2.75, 3.05) is 0 Å². The third kappa shape index (κ3) is 2.45. The first-order chi connectivity index (χ1) is 7.78. The van der Waals surface area contributed by atoms with E-state index in [-0.39, 0.29) is 5.82 Å². The van der Waals surface area contributed by atoms with E-state index in [9.17, 15) is 9.18 Å². The maximum absolute atomic E-state index is 12.6. The molecule has 0 aliphatic heterocycles. The van der Waals surface area contributed by atoms with E-state index in [0.717, 1.165) is 6.29 Å². The van der Waals surface area contributed by atoms with Crippen molar-refractivity contribution in [3.05, 3.63) is 59.9 Å². The average molecular weight is 216 g/mol. The van der Waals surface area contributed by atoms with E-state index in [1.165, 1.54) is 24.3 Å². The van der Waals surface area contributed by atoms with Crippen molar-refractivity contribution in [3.63, 3.8) is 0 Å². The number of aldehydes is 1. The molecule has 0 N–H and O–H groups in total. The Hall–Kier alpha value is -2.16. The fourth-order valence-corrected chi connectivity index (χ4v) is 1.29. The summed E-state index contributed by atoms with van der Waals surface area (Å²) in [5.74, 6) is 0.773. The molecule has 0 aliphatic carbocycles. The van der Waals surface area contributed by atoms with Crippen LogP contribution < -0.4 is 4.74 Å². The first-order valence-electron chi connectivity index (χ1n) is 4.76. The van der Waals surface area contributed by atoms with Gasteiger partial charge in [0.15, 0.2) is 0 Å². The highest BCUT2D eigenvalue weighted by molar-refractivity contribution is 5.75. The molecule has 0 heterocycles. The predicted molar refractivity (Wildman–Crippen MR) is 58.3 cm³/mol. The van der Waals surface area contributed by atoms with Gasteiger partial charge in [0.2, 0.25) is 0 Å². The molecule has 2 nitrogen and oxygen atoms in total. The minimum absolute atomic E-state index is 0.311. The summed E-state index contributed by atoms with van der Waals surface area (Å²) in [5.41, 5.74) is 0.541. The van der Waals surface area contributed by atoms with Gasteiger partial charge in [-0.2, -0.15) is 0 Å². The lowest BCUT2D eigenvalue weighted by atomic mass is 10.2. The Morgan fingerprint density at radius 1 is 1.00 bits per heavy atom. The first-order valence-corrected chi connectivity index (χ1v) is 4.76. The number of hydrogen-bond acceptors (Lipinski definition) is 2. The van der Waals surface area contributed by atoms with Gasteiger partial charge in [-0.15, -0.1) is 0 Å². The van der Waals surface area contributed by atoms with Crippen molar-refractivity contribution in [3.8, 4) is 11.5 Å². The van der Waals surface area contributed by atoms with Gasteiger partial charge in [-0.3, -0.25) is 4.79 Å². The first kappa shape index (κ1) is 10.4. The summed E-state index contributed by atoms with van der Waals surface area (Å²) in [6, 6.07) is 12.5. The van der Waals surface area contributed by atoms with E-state index in [0.29, 0.717) is 17.1 Å². The Labute approximate surface area is 92.3 Å². The van der Waals surface area contributed by atoms with Crippen molar-refractivity contribution in [2.24, 2.45) is 0 Å². The van der Waals surface area contributed by atoms with Crippen LogP contribution in [0.1, 0.15) is 10.4 Å². The minimum Gasteiger partial charge on any atom is -0.457 e. The molecule has 2 aromatic carbocycles. The highest BCUT2D eigenvalue weighted by Gasteiger charge is 1.98. The molecule has 0 saturated carbocycles. The standard InChI is InChI=1S/C13H9FO2/c14-11-4-6-12(7-5-11)16-13-3-1-2-10(8-13)9-15/h1-9H. The highest BCUT2D eigenvalue weighted by Crippen LogP contribution is 2.21. The molecule has 0 fully saturated rings. The average Bonchev–Trinajstić information content (AvgIpc) is 2.32. The van der Waals surface area contributed by atoms with E-state index in [1.54, 1.807) is 24.3 Å². The number of carbonyl (C=O) groups excluding carboxylic acids is 1. The normalized spacial score (nSPS) is 9.81. The van der Waals surface area contributed by atoms with Crippen LogP contribution in [0.3, 0.4) is 0 Å². The number of benzene rings is 2. The van der Waals surface area contributed by atoms with Gasteiger partial charge in [0.05, 0.1) is 0 Å². The number of rotatable bonds is 3. The van der Waals surface area contributed by atoms with Gasteiger partial charge in [0, 0.05) is 5.56 Å². The van der Waals surface area contributed by atoms with Crippen LogP contribution in [-0.4, -0.2) is 6.29 Å². The minimum atomic E-state index is -0.311. The smallest absolute Gasteiger partial charge is 0.150 e. The number of ether oxygens (including phenoxy) is 1. The summed E-state index contributed by atoms with van der Waals surface area (Å²) < 4.78 is 18.1. The molecule has 0 saturated heterocycles. The topological polar surface area (TPSA) is 26.3 Å². The van der Waals surface area contributed by atoms with Crippen molar-refractivity contribution < 1.29 is 13.9 Å². The number of halogens is 1. The zero-order valence-electron chi connectivity index (χ0n) is 8.39. The SMILES string of the molecule is O=Cc1cccc(Oc2ccc(F)cc2)c1. The second kappa shape index (κ2) is 4.57. The Bertz CT molecular complexity index is 492. The van der Waals surface area contributed by atoms with E-state index in [4.69, 9.17) is 4.74 Å². The maximum atomic E-state index is 12.6. The van der Waals surface area contributed by atoms with Crippen LogP contribution in [0.5, 0.6) is 11.5 Å². The third-order valence-corrected chi connectivity index (χ3v) is 2.04. The fourth-order valence-electron chi connectivity index (χ4n) is 1.29. The van der Waals surface area contributed by atoms with Crippen molar-refractivity contribution in [2.45, 2.75) is 0 Å². The molecule has 3 heteroatoms. The molecule has 0 aromatic heterocycles. The van der Waals surface area contributed by atoms with Gasteiger partial charge in [-0.25, -0.2) is 4.39 Å². The summed E-state index contributed by atoms with van der Waals surface area (Å²) in [5, 5.41) is 0. The Morgan fingerprint density at radius 3 is 2.44 bits per heavy atom. The van der Waals surface area contributed by atoms with Crippen LogP contribution in [0.25, 0.3) is 0 Å². The van der Waals surface area contributed by atoms with Crippen molar-refractivity contribution >= 4 is 6.29 Å². The molecule has 0 atom stereocenters. The van der Waals surface area contributed by atoms with Gasteiger partial charge >= 0.3 is 0 Å². The molecular weight excluding hydrogens is 207 g/mol. The van der Waals surface area contributed by atoms with Crippen LogP contribution in [-0.2, 0) is 0 Å². The molecule has 0 amide bonds. The molecule has 0 unspecified atom stereocenters.